The van der Waals surface area contributed by atoms with E-state index >= 15 is 0 Å². The maximum Gasteiger partial charge on any atom is 0.337 e. The summed E-state index contributed by atoms with van der Waals surface area (Å²) in [6.07, 6.45) is 0.345. The molecule has 0 radical (unpaired) electrons. The van der Waals surface area contributed by atoms with Crippen LogP contribution in [0.3, 0.4) is 0 Å². The Morgan fingerprint density at radius 3 is 2.54 bits per heavy atom. The fourth-order valence-electron chi connectivity index (χ4n) is 1.97. The first-order chi connectivity index (χ1) is 11.5. The van der Waals surface area contributed by atoms with Crippen LogP contribution >= 0.6 is 23.4 Å². The number of carbonyl (C=O) groups excluding carboxylic acids is 2. The molecule has 0 unspecified atom stereocenters. The second-order valence-electron chi connectivity index (χ2n) is 5.15. The Bertz CT molecular complexity index is 732. The average Bonchev–Trinajstić information content (AvgIpc) is 2.58. The molecule has 4 nitrogen and oxygen atoms in total. The van der Waals surface area contributed by atoms with Crippen LogP contribution in [0, 0.1) is 6.92 Å². The standard InChI is InChI=1S/C18H18ClNO3S/c1-12-3-6-14(7-4-12)24-10-9-17(21)20-16-11-13(18(22)23-2)5-8-15(16)19/h3-8,11H,9-10H2,1-2H3,(H,20,21). The molecule has 2 aromatic rings. The number of anilines is 1. The molecule has 1 N–H and O–H groups in total. The third-order valence-electron chi connectivity index (χ3n) is 3.28. The van der Waals surface area contributed by atoms with Crippen molar-refractivity contribution >= 4 is 40.9 Å². The van der Waals surface area contributed by atoms with E-state index in [1.807, 2.05) is 31.2 Å². The van der Waals surface area contributed by atoms with E-state index in [0.29, 0.717) is 28.4 Å². The van der Waals surface area contributed by atoms with E-state index in [9.17, 15) is 9.59 Å². The van der Waals surface area contributed by atoms with Crippen LogP contribution in [0.4, 0.5) is 5.69 Å². The molecular weight excluding hydrogens is 346 g/mol. The number of benzene rings is 2. The molecule has 0 aliphatic heterocycles. The monoisotopic (exact) mass is 363 g/mol. The molecule has 0 aliphatic rings. The Morgan fingerprint density at radius 2 is 1.88 bits per heavy atom. The number of methoxy groups -OCH3 is 1. The van der Waals surface area contributed by atoms with E-state index in [2.05, 4.69) is 10.1 Å². The third-order valence-corrected chi connectivity index (χ3v) is 4.62. The summed E-state index contributed by atoms with van der Waals surface area (Å²) < 4.78 is 4.66. The largest absolute Gasteiger partial charge is 0.465 e. The van der Waals surface area contributed by atoms with Crippen LogP contribution in [0.1, 0.15) is 22.3 Å². The predicted octanol–water partition coefficient (Wildman–Crippen LogP) is 4.56. The molecule has 0 spiro atoms. The van der Waals surface area contributed by atoms with Gasteiger partial charge in [0.2, 0.25) is 5.91 Å². The van der Waals surface area contributed by atoms with Crippen LogP contribution in [-0.4, -0.2) is 24.7 Å². The number of nitrogens with one attached hydrogen (secondary N) is 1. The highest BCUT2D eigenvalue weighted by Crippen LogP contribution is 2.24. The van der Waals surface area contributed by atoms with Crippen molar-refractivity contribution in [1.82, 2.24) is 0 Å². The molecule has 24 heavy (non-hydrogen) atoms. The van der Waals surface area contributed by atoms with E-state index in [1.165, 1.54) is 18.7 Å². The van der Waals surface area contributed by atoms with Crippen molar-refractivity contribution in [1.29, 1.82) is 0 Å². The van der Waals surface area contributed by atoms with Gasteiger partial charge in [0.25, 0.3) is 0 Å². The Balaban J connectivity index is 1.90. The lowest BCUT2D eigenvalue weighted by atomic mass is 10.2. The number of hydrogen-bond acceptors (Lipinski definition) is 4. The summed E-state index contributed by atoms with van der Waals surface area (Å²) in [4.78, 5) is 24.7. The summed E-state index contributed by atoms with van der Waals surface area (Å²) in [5.74, 6) is 0.0269. The predicted molar refractivity (Wildman–Crippen MR) is 97.9 cm³/mol. The summed E-state index contributed by atoms with van der Waals surface area (Å²) in [6, 6.07) is 12.8. The molecule has 0 heterocycles. The number of carbonyl (C=O) groups is 2. The lowest BCUT2D eigenvalue weighted by molar-refractivity contribution is -0.115. The zero-order valence-electron chi connectivity index (χ0n) is 13.5. The van der Waals surface area contributed by atoms with Crippen molar-refractivity contribution in [3.63, 3.8) is 0 Å². The first kappa shape index (κ1) is 18.4. The SMILES string of the molecule is COC(=O)c1ccc(Cl)c(NC(=O)CCSc2ccc(C)cc2)c1. The van der Waals surface area contributed by atoms with E-state index in [-0.39, 0.29) is 5.91 Å². The van der Waals surface area contributed by atoms with Gasteiger partial charge in [0.15, 0.2) is 0 Å². The van der Waals surface area contributed by atoms with Crippen LogP contribution in [-0.2, 0) is 9.53 Å². The van der Waals surface area contributed by atoms with Gasteiger partial charge in [-0.2, -0.15) is 0 Å². The summed E-state index contributed by atoms with van der Waals surface area (Å²) in [7, 11) is 1.30. The van der Waals surface area contributed by atoms with Crippen molar-refractivity contribution < 1.29 is 14.3 Å². The first-order valence-electron chi connectivity index (χ1n) is 7.37. The molecule has 2 rings (SSSR count). The molecule has 0 saturated carbocycles. The molecule has 1 amide bonds. The first-order valence-corrected chi connectivity index (χ1v) is 8.73. The van der Waals surface area contributed by atoms with Gasteiger partial charge in [-0.1, -0.05) is 29.3 Å². The third kappa shape index (κ3) is 5.28. The van der Waals surface area contributed by atoms with Crippen LogP contribution in [0.25, 0.3) is 0 Å². The minimum Gasteiger partial charge on any atom is -0.465 e. The number of thioether (sulfide) groups is 1. The minimum absolute atomic E-state index is 0.154. The van der Waals surface area contributed by atoms with Gasteiger partial charge in [0, 0.05) is 17.1 Å². The Morgan fingerprint density at radius 1 is 1.17 bits per heavy atom. The van der Waals surface area contributed by atoms with Gasteiger partial charge in [0.05, 0.1) is 23.4 Å². The minimum atomic E-state index is -0.475. The summed E-state index contributed by atoms with van der Waals surface area (Å²) in [5, 5.41) is 3.11. The van der Waals surface area contributed by atoms with E-state index < -0.39 is 5.97 Å². The Hall–Kier alpha value is -1.98. The molecule has 0 aromatic heterocycles. The Labute approximate surface area is 150 Å². The van der Waals surface area contributed by atoms with Gasteiger partial charge in [0.1, 0.15) is 0 Å². The summed E-state index contributed by atoms with van der Waals surface area (Å²) >= 11 is 7.68. The van der Waals surface area contributed by atoms with E-state index in [0.717, 1.165) is 4.90 Å². The number of esters is 1. The number of halogens is 1. The van der Waals surface area contributed by atoms with Crippen molar-refractivity contribution in [2.75, 3.05) is 18.2 Å². The van der Waals surface area contributed by atoms with E-state index in [1.54, 1.807) is 23.9 Å². The second kappa shape index (κ2) is 8.76. The van der Waals surface area contributed by atoms with Gasteiger partial charge in [-0.15, -0.1) is 11.8 Å². The molecule has 126 valence electrons. The zero-order chi connectivity index (χ0) is 17.5. The number of ether oxygens (including phenoxy) is 1. The van der Waals surface area contributed by atoms with Gasteiger partial charge in [-0.05, 0) is 37.3 Å². The van der Waals surface area contributed by atoms with Gasteiger partial charge in [-0.3, -0.25) is 4.79 Å². The number of rotatable bonds is 6. The zero-order valence-corrected chi connectivity index (χ0v) is 15.0. The fourth-order valence-corrected chi connectivity index (χ4v) is 2.99. The van der Waals surface area contributed by atoms with Crippen LogP contribution < -0.4 is 5.32 Å². The second-order valence-corrected chi connectivity index (χ2v) is 6.72. The number of amides is 1. The summed E-state index contributed by atoms with van der Waals surface area (Å²) in [5.41, 5.74) is 1.95. The van der Waals surface area contributed by atoms with Crippen molar-refractivity contribution in [3.05, 3.63) is 58.6 Å². The van der Waals surface area contributed by atoms with Gasteiger partial charge >= 0.3 is 5.97 Å². The molecule has 0 fully saturated rings. The summed E-state index contributed by atoms with van der Waals surface area (Å²) in [6.45, 7) is 2.04. The van der Waals surface area contributed by atoms with Crippen LogP contribution in [0.15, 0.2) is 47.4 Å². The maximum atomic E-state index is 12.1. The fraction of sp³-hybridized carbons (Fsp3) is 0.222. The van der Waals surface area contributed by atoms with Crippen molar-refractivity contribution in [2.45, 2.75) is 18.2 Å². The molecule has 0 saturated heterocycles. The quantitative estimate of drug-likeness (QED) is 0.604. The molecule has 0 aliphatic carbocycles. The van der Waals surface area contributed by atoms with Crippen molar-refractivity contribution in [2.24, 2.45) is 0 Å². The molecule has 0 bridgehead atoms. The highest BCUT2D eigenvalue weighted by atomic mass is 35.5. The smallest absolute Gasteiger partial charge is 0.337 e. The van der Waals surface area contributed by atoms with Crippen molar-refractivity contribution in [3.8, 4) is 0 Å². The Kier molecular flexibility index (Phi) is 6.70. The van der Waals surface area contributed by atoms with Gasteiger partial charge in [-0.25, -0.2) is 4.79 Å². The van der Waals surface area contributed by atoms with E-state index in [4.69, 9.17) is 11.6 Å². The average molecular weight is 364 g/mol. The topological polar surface area (TPSA) is 55.4 Å². The molecule has 2 aromatic carbocycles. The lowest BCUT2D eigenvalue weighted by Gasteiger charge is -2.09. The lowest BCUT2D eigenvalue weighted by Crippen LogP contribution is -2.13. The molecule has 6 heteroatoms. The molecule has 0 atom stereocenters. The normalized spacial score (nSPS) is 10.3. The highest BCUT2D eigenvalue weighted by molar-refractivity contribution is 7.99. The van der Waals surface area contributed by atoms with Gasteiger partial charge < -0.3 is 10.1 Å². The highest BCUT2D eigenvalue weighted by Gasteiger charge is 2.11. The molecular formula is C18H18ClNO3S. The number of hydrogen-bond donors (Lipinski definition) is 1. The van der Waals surface area contributed by atoms with Crippen LogP contribution in [0.5, 0.6) is 0 Å². The maximum absolute atomic E-state index is 12.1. The number of aryl methyl sites for hydroxylation is 1. The van der Waals surface area contributed by atoms with Crippen LogP contribution in [0.2, 0.25) is 5.02 Å².